The Morgan fingerprint density at radius 1 is 1.29 bits per heavy atom. The van der Waals surface area contributed by atoms with Crippen LogP contribution in [-0.2, 0) is 4.79 Å². The minimum Gasteiger partial charge on any atom is -0.494 e. The lowest BCUT2D eigenvalue weighted by Gasteiger charge is -2.24. The van der Waals surface area contributed by atoms with Crippen molar-refractivity contribution >= 4 is 5.91 Å². The smallest absolute Gasteiger partial charge is 0.240 e. The first kappa shape index (κ1) is 18.9. The number of benzene rings is 1. The van der Waals surface area contributed by atoms with Gasteiger partial charge in [0.1, 0.15) is 17.1 Å². The first-order valence-electron chi connectivity index (χ1n) is 9.81. The van der Waals surface area contributed by atoms with E-state index in [0.717, 1.165) is 30.5 Å². The minimum absolute atomic E-state index is 0.0299. The van der Waals surface area contributed by atoms with E-state index < -0.39 is 5.54 Å². The molecule has 0 unspecified atom stereocenters. The Balaban J connectivity index is 1.61. The summed E-state index contributed by atoms with van der Waals surface area (Å²) in [6, 6.07) is 8.45. The van der Waals surface area contributed by atoms with Gasteiger partial charge in [0, 0.05) is 17.3 Å². The maximum Gasteiger partial charge on any atom is 0.240 e. The van der Waals surface area contributed by atoms with Crippen molar-refractivity contribution in [3.63, 3.8) is 0 Å². The zero-order chi connectivity index (χ0) is 19.9. The molecule has 2 aliphatic heterocycles. The Labute approximate surface area is 164 Å². The van der Waals surface area contributed by atoms with Crippen molar-refractivity contribution in [2.24, 2.45) is 0 Å². The van der Waals surface area contributed by atoms with E-state index in [1.807, 2.05) is 26.8 Å². The van der Waals surface area contributed by atoms with Crippen LogP contribution in [0.3, 0.4) is 0 Å². The summed E-state index contributed by atoms with van der Waals surface area (Å²) in [5.41, 5.74) is 1.32. The van der Waals surface area contributed by atoms with Crippen molar-refractivity contribution in [2.45, 2.75) is 57.2 Å². The zero-order valence-corrected chi connectivity index (χ0v) is 16.5. The largest absolute Gasteiger partial charge is 0.494 e. The highest BCUT2D eigenvalue weighted by Crippen LogP contribution is 2.41. The van der Waals surface area contributed by atoms with Crippen LogP contribution in [0, 0.1) is 5.82 Å². The molecule has 0 bridgehead atoms. The Morgan fingerprint density at radius 3 is 2.82 bits per heavy atom. The van der Waals surface area contributed by atoms with Gasteiger partial charge >= 0.3 is 0 Å². The van der Waals surface area contributed by atoms with Gasteiger partial charge in [0.15, 0.2) is 0 Å². The fraction of sp³-hybridized carbons (Fsp3) is 0.455. The van der Waals surface area contributed by atoms with Crippen molar-refractivity contribution < 1.29 is 13.9 Å². The molecule has 3 heterocycles. The summed E-state index contributed by atoms with van der Waals surface area (Å²) < 4.78 is 19.9. The van der Waals surface area contributed by atoms with Crippen molar-refractivity contribution in [1.82, 2.24) is 15.6 Å². The second-order valence-corrected chi connectivity index (χ2v) is 8.38. The molecule has 2 N–H and O–H groups in total. The molecule has 5 nitrogen and oxygen atoms in total. The van der Waals surface area contributed by atoms with Crippen LogP contribution >= 0.6 is 0 Å². The first-order valence-corrected chi connectivity index (χ1v) is 9.81. The summed E-state index contributed by atoms with van der Waals surface area (Å²) in [7, 11) is 0. The first-order chi connectivity index (χ1) is 13.3. The Bertz CT molecular complexity index is 914. The van der Waals surface area contributed by atoms with Gasteiger partial charge in [0.05, 0.1) is 18.3 Å². The number of aromatic nitrogens is 1. The Hall–Kier alpha value is -2.47. The lowest BCUT2D eigenvalue weighted by molar-refractivity contribution is -0.124. The Morgan fingerprint density at radius 2 is 2.11 bits per heavy atom. The summed E-state index contributed by atoms with van der Waals surface area (Å²) in [4.78, 5) is 17.1. The number of carbonyl (C=O) groups is 1. The van der Waals surface area contributed by atoms with Crippen molar-refractivity contribution in [1.29, 1.82) is 0 Å². The topological polar surface area (TPSA) is 63.2 Å². The highest BCUT2D eigenvalue weighted by Gasteiger charge is 2.54. The van der Waals surface area contributed by atoms with Gasteiger partial charge in [0.2, 0.25) is 5.91 Å². The van der Waals surface area contributed by atoms with E-state index >= 15 is 0 Å². The molecule has 148 valence electrons. The van der Waals surface area contributed by atoms with Gasteiger partial charge in [-0.2, -0.15) is 0 Å². The van der Waals surface area contributed by atoms with Gasteiger partial charge in [-0.1, -0.05) is 0 Å². The molecule has 2 fully saturated rings. The lowest BCUT2D eigenvalue weighted by Crippen LogP contribution is -2.47. The van der Waals surface area contributed by atoms with E-state index in [9.17, 15) is 9.18 Å². The number of halogens is 1. The number of hydrogen-bond donors (Lipinski definition) is 2. The molecule has 0 radical (unpaired) electrons. The van der Waals surface area contributed by atoms with E-state index in [1.165, 1.54) is 6.07 Å². The molecule has 6 heteroatoms. The fourth-order valence-corrected chi connectivity index (χ4v) is 4.50. The predicted octanol–water partition coefficient (Wildman–Crippen LogP) is 3.75. The molecule has 4 rings (SSSR count). The van der Waals surface area contributed by atoms with Crippen LogP contribution in [0.15, 0.2) is 36.5 Å². The number of ether oxygens (including phenoxy) is 1. The average Bonchev–Trinajstić information content (AvgIpc) is 3.17. The third-order valence-electron chi connectivity index (χ3n) is 5.64. The molecule has 1 aromatic carbocycles. The number of rotatable bonds is 4. The molecule has 0 aliphatic carbocycles. The van der Waals surface area contributed by atoms with Crippen LogP contribution in [-0.4, -0.2) is 28.6 Å². The van der Waals surface area contributed by atoms with Crippen LogP contribution in [0.1, 0.15) is 51.8 Å². The van der Waals surface area contributed by atoms with Gasteiger partial charge in [-0.3, -0.25) is 15.1 Å². The maximum atomic E-state index is 14.4. The summed E-state index contributed by atoms with van der Waals surface area (Å²) in [6.45, 7) is 6.51. The van der Waals surface area contributed by atoms with E-state index in [2.05, 4.69) is 15.6 Å². The van der Waals surface area contributed by atoms with Crippen LogP contribution < -0.4 is 15.4 Å². The fourth-order valence-electron chi connectivity index (χ4n) is 4.50. The minimum atomic E-state index is -0.536. The number of amides is 1. The van der Waals surface area contributed by atoms with Crippen molar-refractivity contribution in [3.8, 4) is 16.9 Å². The monoisotopic (exact) mass is 383 g/mol. The number of nitrogens with zero attached hydrogens (tertiary/aromatic N) is 1. The second kappa shape index (κ2) is 6.85. The van der Waals surface area contributed by atoms with Gasteiger partial charge in [-0.15, -0.1) is 0 Å². The molecule has 0 saturated carbocycles. The summed E-state index contributed by atoms with van der Waals surface area (Å²) in [6.07, 6.45) is 4.04. The maximum absolute atomic E-state index is 14.4. The molecule has 2 aromatic rings. The number of carbonyl (C=O) groups excluding carboxylic acids is 1. The van der Waals surface area contributed by atoms with Crippen molar-refractivity contribution in [2.75, 3.05) is 6.61 Å². The lowest BCUT2D eigenvalue weighted by atomic mass is 9.88. The van der Waals surface area contributed by atoms with Crippen LogP contribution in [0.25, 0.3) is 11.1 Å². The standard InChI is InChI=1S/C22H26FN3O2/c1-4-28-15-5-6-17(23)16(12-15)14-8-10-24-19(11-14)18-7-9-22(25-18)13-21(2,3)26-20(22)27/h5-6,8,10-12,18,25H,4,7,9,13H2,1-3H3,(H,26,27)/t18-,22+/m1/s1. The number of hydrogen-bond acceptors (Lipinski definition) is 4. The van der Waals surface area contributed by atoms with Gasteiger partial charge in [-0.05, 0) is 75.9 Å². The molecular formula is C22H26FN3O2. The number of pyridine rings is 1. The third-order valence-corrected chi connectivity index (χ3v) is 5.64. The van der Waals surface area contributed by atoms with E-state index in [4.69, 9.17) is 4.74 Å². The van der Waals surface area contributed by atoms with Crippen LogP contribution in [0.4, 0.5) is 4.39 Å². The molecule has 2 atom stereocenters. The summed E-state index contributed by atoms with van der Waals surface area (Å²) in [5.74, 6) is 0.403. The van der Waals surface area contributed by atoms with Crippen LogP contribution in [0.5, 0.6) is 5.75 Å². The molecule has 1 aromatic heterocycles. The molecule has 28 heavy (non-hydrogen) atoms. The highest BCUT2D eigenvalue weighted by molar-refractivity contribution is 5.90. The van der Waals surface area contributed by atoms with Crippen LogP contribution in [0.2, 0.25) is 0 Å². The van der Waals surface area contributed by atoms with Crippen molar-refractivity contribution in [3.05, 3.63) is 48.0 Å². The van der Waals surface area contributed by atoms with Gasteiger partial charge in [0.25, 0.3) is 0 Å². The zero-order valence-electron chi connectivity index (χ0n) is 16.5. The predicted molar refractivity (Wildman–Crippen MR) is 105 cm³/mol. The van der Waals surface area contributed by atoms with E-state index in [1.54, 1.807) is 24.4 Å². The third kappa shape index (κ3) is 3.37. The number of nitrogens with one attached hydrogen (secondary N) is 2. The molecule has 1 amide bonds. The normalized spacial score (nSPS) is 25.9. The SMILES string of the molecule is CCOc1ccc(F)c(-c2ccnc([C@H]3CC[C@@]4(CC(C)(C)NC4=O)N3)c2)c1. The quantitative estimate of drug-likeness (QED) is 0.844. The van der Waals surface area contributed by atoms with Gasteiger partial charge < -0.3 is 10.1 Å². The summed E-state index contributed by atoms with van der Waals surface area (Å²) >= 11 is 0. The Kier molecular flexibility index (Phi) is 4.62. The molecular weight excluding hydrogens is 357 g/mol. The van der Waals surface area contributed by atoms with Gasteiger partial charge in [-0.25, -0.2) is 4.39 Å². The van der Waals surface area contributed by atoms with E-state index in [-0.39, 0.29) is 23.3 Å². The summed E-state index contributed by atoms with van der Waals surface area (Å²) in [5, 5.41) is 6.60. The van der Waals surface area contributed by atoms with E-state index in [0.29, 0.717) is 17.9 Å². The molecule has 1 spiro atoms. The molecule has 2 aliphatic rings. The highest BCUT2D eigenvalue weighted by atomic mass is 19.1. The second-order valence-electron chi connectivity index (χ2n) is 8.38. The average molecular weight is 383 g/mol. The molecule has 2 saturated heterocycles.